The monoisotopic (exact) mass is 136 g/mol. The summed E-state index contributed by atoms with van der Waals surface area (Å²) in [6.07, 6.45) is 0. The molecule has 0 aliphatic rings. The average molecular weight is 137 g/mol. The fourth-order valence-corrected chi connectivity index (χ4v) is 0.433. The SMILES string of the molecule is CC(=O)NC(Cl)CN. The number of carbonyl (C=O) groups excluding carboxylic acids is 1. The predicted octanol–water partition coefficient (Wildman–Crippen LogP) is -0.354. The Labute approximate surface area is 53.2 Å². The van der Waals surface area contributed by atoms with Gasteiger partial charge in [-0.25, -0.2) is 0 Å². The minimum absolute atomic E-state index is 0.157. The van der Waals surface area contributed by atoms with Gasteiger partial charge in [0.15, 0.2) is 0 Å². The lowest BCUT2D eigenvalue weighted by atomic mass is 10.6. The fraction of sp³-hybridized carbons (Fsp3) is 0.750. The number of halogens is 1. The quantitative estimate of drug-likeness (QED) is 0.403. The first kappa shape index (κ1) is 7.72. The van der Waals surface area contributed by atoms with Gasteiger partial charge < -0.3 is 11.1 Å². The highest BCUT2D eigenvalue weighted by atomic mass is 35.5. The summed E-state index contributed by atoms with van der Waals surface area (Å²) in [5, 5.41) is 2.39. The Morgan fingerprint density at radius 1 is 2.00 bits per heavy atom. The van der Waals surface area contributed by atoms with Crippen molar-refractivity contribution < 1.29 is 4.79 Å². The van der Waals surface area contributed by atoms with Crippen molar-refractivity contribution in [2.24, 2.45) is 5.73 Å². The van der Waals surface area contributed by atoms with Crippen LogP contribution in [0.2, 0.25) is 0 Å². The van der Waals surface area contributed by atoms with Crippen molar-refractivity contribution in [3.63, 3.8) is 0 Å². The van der Waals surface area contributed by atoms with E-state index >= 15 is 0 Å². The molecule has 3 nitrogen and oxygen atoms in total. The van der Waals surface area contributed by atoms with E-state index in [1.807, 2.05) is 0 Å². The van der Waals surface area contributed by atoms with E-state index in [1.54, 1.807) is 0 Å². The van der Waals surface area contributed by atoms with E-state index in [2.05, 4.69) is 5.32 Å². The topological polar surface area (TPSA) is 55.1 Å². The summed E-state index contributed by atoms with van der Waals surface area (Å²) in [6, 6.07) is 0. The molecule has 8 heavy (non-hydrogen) atoms. The Balaban J connectivity index is 3.24. The summed E-state index contributed by atoms with van der Waals surface area (Å²) in [6.45, 7) is 1.66. The normalized spacial score (nSPS) is 12.9. The molecule has 0 spiro atoms. The number of nitrogens with two attached hydrogens (primary N) is 1. The second-order valence-electron chi connectivity index (χ2n) is 1.40. The molecule has 1 unspecified atom stereocenters. The third kappa shape index (κ3) is 3.89. The molecule has 0 aromatic carbocycles. The Morgan fingerprint density at radius 3 is 2.62 bits per heavy atom. The maximum absolute atomic E-state index is 10.2. The number of amides is 1. The number of rotatable bonds is 2. The van der Waals surface area contributed by atoms with Crippen LogP contribution < -0.4 is 11.1 Å². The van der Waals surface area contributed by atoms with Gasteiger partial charge in [0.05, 0.1) is 0 Å². The summed E-state index contributed by atoms with van der Waals surface area (Å²) in [5.74, 6) is -0.157. The molecule has 0 saturated carbocycles. The van der Waals surface area contributed by atoms with E-state index in [0.29, 0.717) is 0 Å². The molecule has 0 aliphatic carbocycles. The van der Waals surface area contributed by atoms with Crippen molar-refractivity contribution in [1.29, 1.82) is 0 Å². The number of hydrogen-bond donors (Lipinski definition) is 2. The smallest absolute Gasteiger partial charge is 0.218 e. The average Bonchev–Trinajstić information content (AvgIpc) is 1.65. The largest absolute Gasteiger partial charge is 0.339 e. The van der Waals surface area contributed by atoms with Crippen molar-refractivity contribution >= 4 is 17.5 Å². The van der Waals surface area contributed by atoms with E-state index < -0.39 is 5.50 Å². The molecule has 0 radical (unpaired) electrons. The summed E-state index contributed by atoms with van der Waals surface area (Å²) in [5.41, 5.74) is 4.65. The highest BCUT2D eigenvalue weighted by Gasteiger charge is 1.99. The number of carbonyl (C=O) groups is 1. The molecule has 48 valence electrons. The van der Waals surface area contributed by atoms with E-state index in [1.165, 1.54) is 6.92 Å². The molecular formula is C4H9ClN2O. The lowest BCUT2D eigenvalue weighted by molar-refractivity contribution is -0.119. The van der Waals surface area contributed by atoms with Crippen LogP contribution in [0.15, 0.2) is 0 Å². The second kappa shape index (κ2) is 3.69. The Kier molecular flexibility index (Phi) is 3.56. The molecule has 4 heteroatoms. The first-order chi connectivity index (χ1) is 3.66. The van der Waals surface area contributed by atoms with Crippen molar-refractivity contribution in [2.45, 2.75) is 12.4 Å². The van der Waals surface area contributed by atoms with Gasteiger partial charge in [-0.3, -0.25) is 4.79 Å². The third-order valence-corrected chi connectivity index (χ3v) is 0.854. The molecule has 0 heterocycles. The predicted molar refractivity (Wildman–Crippen MR) is 32.5 cm³/mol. The number of alkyl halides is 1. The molecule has 1 atom stereocenters. The Bertz CT molecular complexity index is 86.1. The van der Waals surface area contributed by atoms with Crippen LogP contribution in [0, 0.1) is 0 Å². The summed E-state index contributed by atoms with van der Waals surface area (Å²) in [7, 11) is 0. The third-order valence-electron chi connectivity index (χ3n) is 0.567. The molecule has 1 amide bonds. The fourth-order valence-electron chi connectivity index (χ4n) is 0.279. The molecule has 0 saturated heterocycles. The molecule has 0 fully saturated rings. The minimum atomic E-state index is -0.424. The van der Waals surface area contributed by atoms with Gasteiger partial charge >= 0.3 is 0 Å². The van der Waals surface area contributed by atoms with Crippen LogP contribution in [0.25, 0.3) is 0 Å². The standard InChI is InChI=1S/C4H9ClN2O/c1-3(8)7-4(5)2-6/h4H,2,6H2,1H3,(H,7,8). The molecule has 0 aromatic heterocycles. The maximum Gasteiger partial charge on any atom is 0.218 e. The summed E-state index contributed by atoms with van der Waals surface area (Å²) in [4.78, 5) is 10.2. The van der Waals surface area contributed by atoms with Gasteiger partial charge in [-0.15, -0.1) is 0 Å². The Morgan fingerprint density at radius 2 is 2.50 bits per heavy atom. The van der Waals surface area contributed by atoms with E-state index in [4.69, 9.17) is 17.3 Å². The van der Waals surface area contributed by atoms with Gasteiger partial charge in [0.25, 0.3) is 0 Å². The highest BCUT2D eigenvalue weighted by molar-refractivity contribution is 6.21. The summed E-state index contributed by atoms with van der Waals surface area (Å²) >= 11 is 5.40. The first-order valence-corrected chi connectivity index (χ1v) is 2.71. The van der Waals surface area contributed by atoms with Crippen LogP contribution in [0.3, 0.4) is 0 Å². The van der Waals surface area contributed by atoms with Gasteiger partial charge in [-0.05, 0) is 0 Å². The molecule has 0 aromatic rings. The van der Waals surface area contributed by atoms with Crippen molar-refractivity contribution in [3.8, 4) is 0 Å². The number of hydrogen-bond acceptors (Lipinski definition) is 2. The van der Waals surface area contributed by atoms with Gasteiger partial charge in [0.1, 0.15) is 5.50 Å². The minimum Gasteiger partial charge on any atom is -0.339 e. The van der Waals surface area contributed by atoms with Crippen LogP contribution >= 0.6 is 11.6 Å². The van der Waals surface area contributed by atoms with Gasteiger partial charge in [0.2, 0.25) is 5.91 Å². The molecule has 0 bridgehead atoms. The van der Waals surface area contributed by atoms with Gasteiger partial charge in [0, 0.05) is 13.5 Å². The second-order valence-corrected chi connectivity index (χ2v) is 1.93. The highest BCUT2D eigenvalue weighted by Crippen LogP contribution is 1.84. The number of nitrogens with one attached hydrogen (secondary N) is 1. The van der Waals surface area contributed by atoms with Gasteiger partial charge in [-0.2, -0.15) is 0 Å². The summed E-state index contributed by atoms with van der Waals surface area (Å²) < 4.78 is 0. The van der Waals surface area contributed by atoms with Crippen LogP contribution in [0.4, 0.5) is 0 Å². The molecular weight excluding hydrogens is 128 g/mol. The molecule has 0 aliphatic heterocycles. The zero-order chi connectivity index (χ0) is 6.57. The van der Waals surface area contributed by atoms with E-state index in [0.717, 1.165) is 0 Å². The van der Waals surface area contributed by atoms with Crippen molar-refractivity contribution in [3.05, 3.63) is 0 Å². The van der Waals surface area contributed by atoms with Crippen LogP contribution in [-0.2, 0) is 4.79 Å². The maximum atomic E-state index is 10.2. The van der Waals surface area contributed by atoms with Crippen LogP contribution in [0.5, 0.6) is 0 Å². The van der Waals surface area contributed by atoms with Crippen molar-refractivity contribution in [2.75, 3.05) is 6.54 Å². The zero-order valence-corrected chi connectivity index (χ0v) is 5.40. The van der Waals surface area contributed by atoms with E-state index in [9.17, 15) is 4.79 Å². The van der Waals surface area contributed by atoms with Gasteiger partial charge in [-0.1, -0.05) is 11.6 Å². The first-order valence-electron chi connectivity index (χ1n) is 2.28. The van der Waals surface area contributed by atoms with E-state index in [-0.39, 0.29) is 12.5 Å². The van der Waals surface area contributed by atoms with Crippen LogP contribution in [0.1, 0.15) is 6.92 Å². The molecule has 3 N–H and O–H groups in total. The van der Waals surface area contributed by atoms with Crippen molar-refractivity contribution in [1.82, 2.24) is 5.32 Å². The zero-order valence-electron chi connectivity index (χ0n) is 4.65. The lowest BCUT2D eigenvalue weighted by Crippen LogP contribution is -2.34. The Hall–Kier alpha value is -0.280. The molecule has 0 rings (SSSR count). The van der Waals surface area contributed by atoms with Crippen LogP contribution in [-0.4, -0.2) is 18.0 Å². The lowest BCUT2D eigenvalue weighted by Gasteiger charge is -2.04.